The van der Waals surface area contributed by atoms with E-state index in [9.17, 15) is 0 Å². The van der Waals surface area contributed by atoms with Gasteiger partial charge in [-0.3, -0.25) is 0 Å². The molecule has 0 heteroatoms. The molecule has 0 heterocycles. The maximum Gasteiger partial charge on any atom is -0.0161 e. The molecule has 12 saturated carbocycles. The highest BCUT2D eigenvalue weighted by molar-refractivity contribution is 5.48. The van der Waals surface area contributed by atoms with Crippen molar-refractivity contribution in [2.45, 2.75) is 6.42 Å². The zero-order chi connectivity index (χ0) is 13.9. The predicted octanol–water partition coefficient (Wildman–Crippen LogP) is 3.41. The first-order valence-electron chi connectivity index (χ1n) is 11.0. The molecule has 116 valence electrons. The van der Waals surface area contributed by atoms with E-state index in [1.165, 1.54) is 119 Å². The van der Waals surface area contributed by atoms with Crippen molar-refractivity contribution < 1.29 is 0 Å². The Morgan fingerprint density at radius 3 is 1.00 bits per heavy atom. The van der Waals surface area contributed by atoms with Crippen LogP contribution in [0.4, 0.5) is 0 Å². The number of hydrogen-bond donors (Lipinski definition) is 0. The van der Waals surface area contributed by atoms with Crippen LogP contribution in [0.1, 0.15) is 6.42 Å². The van der Waals surface area contributed by atoms with Crippen molar-refractivity contribution >= 4 is 0 Å². The van der Waals surface area contributed by atoms with E-state index in [-0.39, 0.29) is 0 Å². The zero-order valence-corrected chi connectivity index (χ0v) is 13.5. The normalized spacial score (nSPS) is 98.5. The monoisotopic (exact) mass is 300 g/mol. The van der Waals surface area contributed by atoms with E-state index in [4.69, 9.17) is 0 Å². The number of allylic oxidation sites excluding steroid dienone is 1. The van der Waals surface area contributed by atoms with E-state index in [2.05, 4.69) is 12.7 Å². The predicted molar refractivity (Wildman–Crippen MR) is 83.6 cm³/mol. The van der Waals surface area contributed by atoms with Gasteiger partial charge in [-0.15, -0.1) is 6.58 Å². The third-order valence-corrected chi connectivity index (χ3v) is 14.2. The molecule has 0 aromatic carbocycles. The minimum absolute atomic E-state index is 0.833. The lowest BCUT2D eigenvalue weighted by Gasteiger charge is -2.39. The van der Waals surface area contributed by atoms with Crippen LogP contribution >= 0.6 is 0 Å². The molecule has 0 aromatic heterocycles. The Kier molecular flexibility index (Phi) is 0.973. The van der Waals surface area contributed by atoms with Crippen LogP contribution in [0.5, 0.6) is 0 Å². The van der Waals surface area contributed by atoms with Gasteiger partial charge in [0.25, 0.3) is 0 Å². The van der Waals surface area contributed by atoms with Crippen molar-refractivity contribution in [1.82, 2.24) is 0 Å². The van der Waals surface area contributed by atoms with Crippen LogP contribution in [0, 0.1) is 118 Å². The molecule has 12 aliphatic carbocycles. The van der Waals surface area contributed by atoms with Gasteiger partial charge in [0.15, 0.2) is 0 Å². The van der Waals surface area contributed by atoms with Gasteiger partial charge in [0, 0.05) is 0 Å². The second-order valence-electron chi connectivity index (χ2n) is 12.4. The highest BCUT2D eigenvalue weighted by Gasteiger charge is 3.01. The molecular formula is C23H24. The van der Waals surface area contributed by atoms with Gasteiger partial charge in [-0.25, -0.2) is 0 Å². The van der Waals surface area contributed by atoms with E-state index in [1.807, 2.05) is 0 Å². The average molecular weight is 300 g/mol. The summed E-state index contributed by atoms with van der Waals surface area (Å²) in [5, 5.41) is 0. The first-order valence-corrected chi connectivity index (χ1v) is 11.0. The van der Waals surface area contributed by atoms with Crippen molar-refractivity contribution in [1.29, 1.82) is 0 Å². The van der Waals surface area contributed by atoms with Gasteiger partial charge in [-0.2, -0.15) is 0 Å². The molecule has 0 bridgehead atoms. The Morgan fingerprint density at radius 1 is 0.478 bits per heavy atom. The first kappa shape index (κ1) is 10.0. The second kappa shape index (κ2) is 2.23. The molecule has 12 rings (SSSR count). The summed E-state index contributed by atoms with van der Waals surface area (Å²) in [6.07, 6.45) is 3.85. The Hall–Kier alpha value is -0.260. The molecule has 0 nitrogen and oxygen atoms in total. The highest BCUT2D eigenvalue weighted by Crippen LogP contribution is 3.04. The SMILES string of the molecule is C=CCC12C3[C@@H]4[C@@H]5C6C7C8[C@@H]9[C@@H]6[C@@H]4C1[C@H]9[C@@H]1C2[C@H]2[C@@H](C7[C@@H]5[C@@H]32)[C@H]81. The lowest BCUT2D eigenvalue weighted by molar-refractivity contribution is 0.0862. The van der Waals surface area contributed by atoms with E-state index in [1.54, 1.807) is 0 Å². The van der Waals surface area contributed by atoms with E-state index >= 15 is 0 Å². The minimum atomic E-state index is 0.833. The van der Waals surface area contributed by atoms with E-state index in [0.29, 0.717) is 0 Å². The van der Waals surface area contributed by atoms with Crippen LogP contribution in [0.3, 0.4) is 0 Å². The van der Waals surface area contributed by atoms with Gasteiger partial charge < -0.3 is 0 Å². The number of hydrogen-bond acceptors (Lipinski definition) is 0. The molecule has 0 amide bonds. The summed E-state index contributed by atoms with van der Waals surface area (Å²) in [5.41, 5.74) is 0.833. The van der Waals surface area contributed by atoms with Crippen LogP contribution in [-0.2, 0) is 0 Å². The summed E-state index contributed by atoms with van der Waals surface area (Å²) in [6.45, 7) is 4.31. The summed E-state index contributed by atoms with van der Waals surface area (Å²) in [4.78, 5) is 0. The topological polar surface area (TPSA) is 0 Å². The third-order valence-electron chi connectivity index (χ3n) is 14.2. The summed E-state index contributed by atoms with van der Waals surface area (Å²) in [6, 6.07) is 0. The van der Waals surface area contributed by atoms with Gasteiger partial charge in [-0.1, -0.05) is 6.08 Å². The minimum Gasteiger partial charge on any atom is -0.103 e. The fourth-order valence-corrected chi connectivity index (χ4v) is 16.4. The van der Waals surface area contributed by atoms with Crippen molar-refractivity contribution in [3.63, 3.8) is 0 Å². The first-order chi connectivity index (χ1) is 11.4. The quantitative estimate of drug-likeness (QED) is 0.686. The molecule has 12 aliphatic rings. The number of rotatable bonds is 2. The van der Waals surface area contributed by atoms with Gasteiger partial charge in [-0.05, 0) is 124 Å². The Labute approximate surface area is 137 Å². The molecule has 8 unspecified atom stereocenters. The molecule has 23 heavy (non-hydrogen) atoms. The molecule has 0 radical (unpaired) electrons. The van der Waals surface area contributed by atoms with Crippen LogP contribution < -0.4 is 0 Å². The average Bonchev–Trinajstić information content (AvgIpc) is 3.23. The molecular weight excluding hydrogens is 276 g/mol. The Morgan fingerprint density at radius 2 is 0.739 bits per heavy atom. The van der Waals surface area contributed by atoms with Gasteiger partial charge in [0.1, 0.15) is 0 Å². The molecule has 20 atom stereocenters. The lowest BCUT2D eigenvalue weighted by atomic mass is 9.65. The molecule has 0 saturated heterocycles. The van der Waals surface area contributed by atoms with Gasteiger partial charge >= 0.3 is 0 Å². The third kappa shape index (κ3) is 0.503. The fourth-order valence-electron chi connectivity index (χ4n) is 16.4. The van der Waals surface area contributed by atoms with Crippen molar-refractivity contribution in [2.24, 2.45) is 118 Å². The van der Waals surface area contributed by atoms with Crippen LogP contribution in [0.15, 0.2) is 12.7 Å². The maximum absolute atomic E-state index is 4.31. The molecule has 0 N–H and O–H groups in total. The van der Waals surface area contributed by atoms with Gasteiger partial charge in [0.05, 0.1) is 0 Å². The maximum atomic E-state index is 4.31. The fraction of sp³-hybridized carbons (Fsp3) is 0.913. The summed E-state index contributed by atoms with van der Waals surface area (Å²) in [5.74, 6) is 24.1. The molecule has 0 aliphatic heterocycles. The molecule has 0 aromatic rings. The van der Waals surface area contributed by atoms with Crippen molar-refractivity contribution in [3.8, 4) is 0 Å². The Bertz CT molecular complexity index is 663. The van der Waals surface area contributed by atoms with Crippen molar-refractivity contribution in [3.05, 3.63) is 12.7 Å². The second-order valence-corrected chi connectivity index (χ2v) is 12.4. The van der Waals surface area contributed by atoms with E-state index < -0.39 is 0 Å². The lowest BCUT2D eigenvalue weighted by Crippen LogP contribution is -2.35. The zero-order valence-electron chi connectivity index (χ0n) is 13.5. The summed E-state index contributed by atoms with van der Waals surface area (Å²) in [7, 11) is 0. The highest BCUT2D eigenvalue weighted by atomic mass is 15.1. The van der Waals surface area contributed by atoms with Crippen LogP contribution in [0.2, 0.25) is 0 Å². The smallest absolute Gasteiger partial charge is 0.0161 e. The largest absolute Gasteiger partial charge is 0.103 e. The molecule has 0 spiro atoms. The van der Waals surface area contributed by atoms with Gasteiger partial charge in [0.2, 0.25) is 0 Å². The van der Waals surface area contributed by atoms with Crippen LogP contribution in [0.25, 0.3) is 0 Å². The van der Waals surface area contributed by atoms with Crippen LogP contribution in [-0.4, -0.2) is 0 Å². The summed E-state index contributed by atoms with van der Waals surface area (Å²) >= 11 is 0. The standard InChI is InChI=1S/C23H24/c1-2-3-23-20-14-8-5-4-6-10(8)16(20)18-12(6)13-7(4)11-9(5)15(14)21(23)17(11)19(13)22(18)23/h2,4-22H,1,3H2/t4?,5?,6?,7?,8-,9-,10-,11+,12+,13+,14-,15+,16+,17+,18+,19-,20?,21?,22?,23?/m0/s1. The van der Waals surface area contributed by atoms with E-state index in [0.717, 1.165) is 5.41 Å². The van der Waals surface area contributed by atoms with Crippen molar-refractivity contribution in [2.75, 3.05) is 0 Å². The molecule has 12 fully saturated rings. The summed E-state index contributed by atoms with van der Waals surface area (Å²) < 4.78 is 0. The Balaban J connectivity index is 1.42.